The fourth-order valence-electron chi connectivity index (χ4n) is 2.91. The third-order valence-corrected chi connectivity index (χ3v) is 5.43. The first kappa shape index (κ1) is 20.0. The number of nitrogens with two attached hydrogens (primary N) is 1. The van der Waals surface area contributed by atoms with Crippen molar-refractivity contribution >= 4 is 51.4 Å². The van der Waals surface area contributed by atoms with Crippen LogP contribution < -0.4 is 16.0 Å². The lowest BCUT2D eigenvalue weighted by Crippen LogP contribution is -2.30. The second-order valence-electron chi connectivity index (χ2n) is 6.36. The van der Waals surface area contributed by atoms with E-state index in [0.29, 0.717) is 28.0 Å². The summed E-state index contributed by atoms with van der Waals surface area (Å²) in [6, 6.07) is 19.1. The molecule has 0 aliphatic rings. The molecule has 4 rings (SSSR count). The predicted octanol–water partition coefficient (Wildman–Crippen LogP) is 4.45. The molecule has 4 aromatic rings. The van der Waals surface area contributed by atoms with Gasteiger partial charge in [-0.15, -0.1) is 11.3 Å². The monoisotopic (exact) mass is 436 g/mol. The van der Waals surface area contributed by atoms with E-state index in [1.807, 2.05) is 36.4 Å². The number of carbonyl (C=O) groups is 1. The minimum absolute atomic E-state index is 0.343. The first-order valence-electron chi connectivity index (χ1n) is 9.04. The van der Waals surface area contributed by atoms with Gasteiger partial charge in [0.1, 0.15) is 12.4 Å². The highest BCUT2D eigenvalue weighted by Gasteiger charge is 2.12. The Bertz CT molecular complexity index is 1220. The highest BCUT2D eigenvalue weighted by atomic mass is 35.5. The average molecular weight is 437 g/mol. The summed E-state index contributed by atoms with van der Waals surface area (Å²) in [5, 5.41) is 1.09. The number of rotatable bonds is 6. The molecule has 0 saturated carbocycles. The van der Waals surface area contributed by atoms with Crippen LogP contribution in [0.3, 0.4) is 0 Å². The van der Waals surface area contributed by atoms with Crippen molar-refractivity contribution in [2.45, 2.75) is 6.61 Å². The topological polar surface area (TPSA) is 90.1 Å². The molecule has 2 heterocycles. The molecule has 0 bridgehead atoms. The molecule has 6 nitrogen and oxygen atoms in total. The van der Waals surface area contributed by atoms with Crippen molar-refractivity contribution in [1.82, 2.24) is 15.4 Å². The van der Waals surface area contributed by atoms with Crippen LogP contribution in [0.4, 0.5) is 0 Å². The molecule has 0 fully saturated rings. The van der Waals surface area contributed by atoms with Crippen LogP contribution >= 0.6 is 22.9 Å². The van der Waals surface area contributed by atoms with E-state index in [2.05, 4.69) is 15.4 Å². The number of hydrogen-bond donors (Lipinski definition) is 2. The van der Waals surface area contributed by atoms with E-state index in [1.54, 1.807) is 36.5 Å². The van der Waals surface area contributed by atoms with E-state index in [1.165, 1.54) is 11.3 Å². The van der Waals surface area contributed by atoms with Crippen molar-refractivity contribution < 1.29 is 9.53 Å². The third kappa shape index (κ3) is 4.65. The average Bonchev–Trinajstić information content (AvgIpc) is 3.20. The Balaban J connectivity index is 1.50. The fourth-order valence-corrected chi connectivity index (χ4v) is 3.81. The summed E-state index contributed by atoms with van der Waals surface area (Å²) < 4.78 is 6.25. The molecule has 0 radical (unpaired) electrons. The highest BCUT2D eigenvalue weighted by Crippen LogP contribution is 2.26. The Hall–Kier alpha value is -3.26. The Labute approximate surface area is 182 Å². The standard InChI is InChI=1S/C22H17ClN4O2S/c23-22-25-12-18(30-22)11-19(21(28)27-24)14-6-9-17(10-7-14)29-13-16-8-5-15-3-1-2-4-20(15)26-16/h1-12H,13,24H2,(H,27,28)/b19-11+. The van der Waals surface area contributed by atoms with Crippen LogP contribution in [0.25, 0.3) is 22.6 Å². The van der Waals surface area contributed by atoms with Gasteiger partial charge in [0.25, 0.3) is 5.91 Å². The number of amides is 1. The predicted molar refractivity (Wildman–Crippen MR) is 120 cm³/mol. The lowest BCUT2D eigenvalue weighted by Gasteiger charge is -2.09. The van der Waals surface area contributed by atoms with Gasteiger partial charge in [0, 0.05) is 22.0 Å². The molecule has 0 aliphatic heterocycles. The zero-order chi connectivity index (χ0) is 20.9. The summed E-state index contributed by atoms with van der Waals surface area (Å²) in [7, 11) is 0. The fraction of sp³-hybridized carbons (Fsp3) is 0.0455. The molecule has 3 N–H and O–H groups in total. The van der Waals surface area contributed by atoms with Gasteiger partial charge in [0.2, 0.25) is 0 Å². The number of thiazole rings is 1. The molecule has 0 unspecified atom stereocenters. The van der Waals surface area contributed by atoms with E-state index in [-0.39, 0.29) is 0 Å². The number of hydrogen-bond acceptors (Lipinski definition) is 6. The van der Waals surface area contributed by atoms with Gasteiger partial charge in [-0.25, -0.2) is 15.8 Å². The first-order chi connectivity index (χ1) is 14.6. The lowest BCUT2D eigenvalue weighted by molar-refractivity contribution is -0.115. The Morgan fingerprint density at radius 3 is 2.67 bits per heavy atom. The number of para-hydroxylation sites is 1. The Kier molecular flexibility index (Phi) is 6.04. The molecule has 1 amide bonds. The molecule has 2 aromatic carbocycles. The smallest absolute Gasteiger partial charge is 0.265 e. The number of halogens is 1. The number of aromatic nitrogens is 2. The van der Waals surface area contributed by atoms with Crippen LogP contribution in [-0.2, 0) is 11.4 Å². The summed E-state index contributed by atoms with van der Waals surface area (Å²) >= 11 is 7.15. The van der Waals surface area contributed by atoms with Crippen molar-refractivity contribution in [1.29, 1.82) is 0 Å². The molecule has 0 saturated heterocycles. The van der Waals surface area contributed by atoms with Gasteiger partial charge in [-0.05, 0) is 35.9 Å². The van der Waals surface area contributed by atoms with E-state index in [9.17, 15) is 4.79 Å². The Morgan fingerprint density at radius 2 is 1.93 bits per heavy atom. The van der Waals surface area contributed by atoms with Crippen molar-refractivity contribution in [3.8, 4) is 5.75 Å². The third-order valence-electron chi connectivity index (χ3n) is 4.37. The van der Waals surface area contributed by atoms with E-state index < -0.39 is 5.91 Å². The molecule has 150 valence electrons. The zero-order valence-corrected chi connectivity index (χ0v) is 17.3. The van der Waals surface area contributed by atoms with Crippen molar-refractivity contribution in [3.63, 3.8) is 0 Å². The van der Waals surface area contributed by atoms with Gasteiger partial charge in [0.15, 0.2) is 4.47 Å². The number of ether oxygens (including phenoxy) is 1. The minimum atomic E-state index is -0.409. The highest BCUT2D eigenvalue weighted by molar-refractivity contribution is 7.16. The zero-order valence-electron chi connectivity index (χ0n) is 15.7. The number of pyridine rings is 1. The molecular formula is C22H17ClN4O2S. The minimum Gasteiger partial charge on any atom is -0.487 e. The van der Waals surface area contributed by atoms with Gasteiger partial charge >= 0.3 is 0 Å². The quantitative estimate of drug-likeness (QED) is 0.201. The van der Waals surface area contributed by atoms with Crippen LogP contribution in [0, 0.1) is 0 Å². The lowest BCUT2D eigenvalue weighted by atomic mass is 10.0. The number of hydrazine groups is 1. The second-order valence-corrected chi connectivity index (χ2v) is 8.00. The van der Waals surface area contributed by atoms with Crippen LogP contribution in [0.2, 0.25) is 4.47 Å². The normalized spacial score (nSPS) is 11.5. The van der Waals surface area contributed by atoms with Gasteiger partial charge in [-0.3, -0.25) is 10.2 Å². The number of nitrogens with zero attached hydrogens (tertiary/aromatic N) is 2. The van der Waals surface area contributed by atoms with E-state index in [0.717, 1.165) is 21.5 Å². The maximum absolute atomic E-state index is 12.2. The molecule has 0 atom stereocenters. The van der Waals surface area contributed by atoms with Gasteiger partial charge in [0.05, 0.1) is 11.2 Å². The molecule has 8 heteroatoms. The Morgan fingerprint density at radius 1 is 1.13 bits per heavy atom. The van der Waals surface area contributed by atoms with Crippen LogP contribution in [-0.4, -0.2) is 15.9 Å². The van der Waals surface area contributed by atoms with Crippen LogP contribution in [0.15, 0.2) is 66.9 Å². The maximum Gasteiger partial charge on any atom is 0.265 e. The second kappa shape index (κ2) is 9.04. The number of nitrogens with one attached hydrogen (secondary N) is 1. The van der Waals surface area contributed by atoms with E-state index in [4.69, 9.17) is 22.2 Å². The molecule has 30 heavy (non-hydrogen) atoms. The van der Waals surface area contributed by atoms with Gasteiger partial charge in [-0.1, -0.05) is 48.0 Å². The maximum atomic E-state index is 12.2. The first-order valence-corrected chi connectivity index (χ1v) is 10.2. The molecule has 0 aliphatic carbocycles. The summed E-state index contributed by atoms with van der Waals surface area (Å²) in [6.45, 7) is 0.343. The van der Waals surface area contributed by atoms with Gasteiger partial charge in [-0.2, -0.15) is 0 Å². The summed E-state index contributed by atoms with van der Waals surface area (Å²) in [5.41, 5.74) is 5.03. The van der Waals surface area contributed by atoms with Crippen molar-refractivity contribution in [3.05, 3.63) is 87.5 Å². The number of carbonyl (C=O) groups excluding carboxylic acids is 1. The largest absolute Gasteiger partial charge is 0.487 e. The van der Waals surface area contributed by atoms with E-state index >= 15 is 0 Å². The summed E-state index contributed by atoms with van der Waals surface area (Å²) in [4.78, 5) is 21.6. The number of benzene rings is 2. The summed E-state index contributed by atoms with van der Waals surface area (Å²) in [6.07, 6.45) is 3.30. The van der Waals surface area contributed by atoms with Crippen molar-refractivity contribution in [2.24, 2.45) is 5.84 Å². The van der Waals surface area contributed by atoms with Crippen LogP contribution in [0.1, 0.15) is 16.1 Å². The van der Waals surface area contributed by atoms with Crippen LogP contribution in [0.5, 0.6) is 5.75 Å². The van der Waals surface area contributed by atoms with Gasteiger partial charge < -0.3 is 4.74 Å². The molecule has 0 spiro atoms. The number of fused-ring (bicyclic) bond motifs is 1. The summed E-state index contributed by atoms with van der Waals surface area (Å²) in [5.74, 6) is 5.60. The SMILES string of the molecule is NNC(=O)/C(=C/c1cnc(Cl)s1)c1ccc(OCc2ccc3ccccc3n2)cc1. The van der Waals surface area contributed by atoms with Crippen molar-refractivity contribution in [2.75, 3.05) is 0 Å². The molecular weight excluding hydrogens is 420 g/mol. The molecule has 2 aromatic heterocycles.